The Balaban J connectivity index is 2.64. The fraction of sp³-hybridized carbons (Fsp3) is 0.700. The molecular formula is C10H19N3O2S. The normalized spacial score (nSPS) is 13.9. The number of nitrogens with zero attached hydrogens (tertiary/aromatic N) is 2. The van der Waals surface area contributed by atoms with Crippen molar-refractivity contribution in [3.05, 3.63) is 18.0 Å². The van der Waals surface area contributed by atoms with Gasteiger partial charge in [0.2, 0.25) is 0 Å². The van der Waals surface area contributed by atoms with Crippen molar-refractivity contribution in [3.63, 3.8) is 0 Å². The molecule has 92 valence electrons. The van der Waals surface area contributed by atoms with Crippen LogP contribution in [0.25, 0.3) is 0 Å². The molecule has 0 aliphatic carbocycles. The molecule has 0 bridgehead atoms. The third-order valence-electron chi connectivity index (χ3n) is 2.22. The number of rotatable bonds is 6. The van der Waals surface area contributed by atoms with Gasteiger partial charge in [-0.2, -0.15) is 5.10 Å². The zero-order chi connectivity index (χ0) is 12.2. The molecule has 0 saturated heterocycles. The highest BCUT2D eigenvalue weighted by atomic mass is 32.2. The first-order valence-electron chi connectivity index (χ1n) is 5.30. The quantitative estimate of drug-likeness (QED) is 0.765. The summed E-state index contributed by atoms with van der Waals surface area (Å²) in [6.07, 6.45) is 3.76. The van der Waals surface area contributed by atoms with E-state index in [0.717, 1.165) is 12.2 Å². The zero-order valence-corrected chi connectivity index (χ0v) is 10.8. The van der Waals surface area contributed by atoms with Gasteiger partial charge in [0.1, 0.15) is 9.84 Å². The molecule has 0 aliphatic rings. The van der Waals surface area contributed by atoms with Crippen molar-refractivity contribution in [1.29, 1.82) is 0 Å². The largest absolute Gasteiger partial charge is 0.313 e. The minimum atomic E-state index is -2.96. The third kappa shape index (κ3) is 4.76. The van der Waals surface area contributed by atoms with Gasteiger partial charge >= 0.3 is 0 Å². The summed E-state index contributed by atoms with van der Waals surface area (Å²) < 4.78 is 24.2. The number of hydrogen-bond acceptors (Lipinski definition) is 4. The van der Waals surface area contributed by atoms with E-state index >= 15 is 0 Å². The van der Waals surface area contributed by atoms with E-state index in [1.165, 1.54) is 6.26 Å². The molecule has 1 unspecified atom stereocenters. The number of likely N-dealkylation sites (N-methyl/N-ethyl adjacent to an activating group) is 1. The number of nitrogens with one attached hydrogen (secondary N) is 1. The van der Waals surface area contributed by atoms with Crippen LogP contribution < -0.4 is 5.32 Å². The molecule has 1 aromatic rings. The lowest BCUT2D eigenvalue weighted by Gasteiger charge is -2.15. The lowest BCUT2D eigenvalue weighted by molar-refractivity contribution is 0.538. The minimum Gasteiger partial charge on any atom is -0.313 e. The van der Waals surface area contributed by atoms with Gasteiger partial charge in [0, 0.05) is 32.0 Å². The molecule has 1 atom stereocenters. The van der Waals surface area contributed by atoms with E-state index in [4.69, 9.17) is 0 Å². The van der Waals surface area contributed by atoms with Crippen molar-refractivity contribution < 1.29 is 8.42 Å². The molecular weight excluding hydrogens is 226 g/mol. The van der Waals surface area contributed by atoms with Crippen molar-refractivity contribution >= 4 is 9.84 Å². The maximum Gasteiger partial charge on any atom is 0.148 e. The molecule has 0 radical (unpaired) electrons. The van der Waals surface area contributed by atoms with Crippen LogP contribution in [0, 0.1) is 0 Å². The standard InChI is InChI=1S/C10H19N3O2S/c1-4-11-10(8-16(3,14)15)7-9-5-6-13(2)12-9/h5-6,10-11H,4,7-8H2,1-3H3. The molecule has 6 heteroatoms. The first kappa shape index (κ1) is 13.2. The molecule has 1 heterocycles. The molecule has 1 N–H and O–H groups in total. The van der Waals surface area contributed by atoms with Crippen molar-refractivity contribution in [2.45, 2.75) is 19.4 Å². The van der Waals surface area contributed by atoms with E-state index in [1.807, 2.05) is 26.2 Å². The second-order valence-corrected chi connectivity index (χ2v) is 6.22. The van der Waals surface area contributed by atoms with E-state index in [9.17, 15) is 8.42 Å². The van der Waals surface area contributed by atoms with Crippen molar-refractivity contribution in [3.8, 4) is 0 Å². The Hall–Kier alpha value is -0.880. The monoisotopic (exact) mass is 245 g/mol. The first-order chi connectivity index (χ1) is 7.40. The third-order valence-corrected chi connectivity index (χ3v) is 3.23. The minimum absolute atomic E-state index is 0.0603. The maximum atomic E-state index is 11.2. The topological polar surface area (TPSA) is 64.0 Å². The number of aryl methyl sites for hydroxylation is 1. The molecule has 1 aromatic heterocycles. The summed E-state index contributed by atoms with van der Waals surface area (Å²) in [6, 6.07) is 1.85. The predicted molar refractivity (Wildman–Crippen MR) is 64.1 cm³/mol. The lowest BCUT2D eigenvalue weighted by Crippen LogP contribution is -2.37. The smallest absolute Gasteiger partial charge is 0.148 e. The fourth-order valence-corrected chi connectivity index (χ4v) is 2.64. The van der Waals surface area contributed by atoms with Crippen LogP contribution in [-0.2, 0) is 23.3 Å². The molecule has 0 aromatic carbocycles. The average Bonchev–Trinajstić information content (AvgIpc) is 2.48. The average molecular weight is 245 g/mol. The van der Waals surface area contributed by atoms with Crippen molar-refractivity contribution in [2.24, 2.45) is 7.05 Å². The highest BCUT2D eigenvalue weighted by molar-refractivity contribution is 7.90. The Labute approximate surface area is 96.8 Å². The second-order valence-electron chi connectivity index (χ2n) is 4.03. The van der Waals surface area contributed by atoms with E-state index in [-0.39, 0.29) is 11.8 Å². The van der Waals surface area contributed by atoms with E-state index < -0.39 is 9.84 Å². The highest BCUT2D eigenvalue weighted by Gasteiger charge is 2.15. The van der Waals surface area contributed by atoms with Crippen molar-refractivity contribution in [2.75, 3.05) is 18.6 Å². The van der Waals surface area contributed by atoms with Crippen LogP contribution in [0.2, 0.25) is 0 Å². The van der Waals surface area contributed by atoms with Gasteiger partial charge in [-0.3, -0.25) is 4.68 Å². The summed E-state index contributed by atoms with van der Waals surface area (Å²) >= 11 is 0. The van der Waals surface area contributed by atoms with E-state index in [2.05, 4.69) is 10.4 Å². The van der Waals surface area contributed by atoms with Gasteiger partial charge in [0.25, 0.3) is 0 Å². The van der Waals surface area contributed by atoms with Gasteiger partial charge in [-0.15, -0.1) is 0 Å². The van der Waals surface area contributed by atoms with E-state index in [1.54, 1.807) is 4.68 Å². The molecule has 0 saturated carbocycles. The Morgan fingerprint density at radius 3 is 2.69 bits per heavy atom. The summed E-state index contributed by atoms with van der Waals surface area (Å²) in [4.78, 5) is 0. The lowest BCUT2D eigenvalue weighted by atomic mass is 10.2. The van der Waals surface area contributed by atoms with Gasteiger partial charge in [-0.05, 0) is 12.6 Å². The van der Waals surface area contributed by atoms with Gasteiger partial charge in [0.15, 0.2) is 0 Å². The fourth-order valence-electron chi connectivity index (χ4n) is 1.67. The van der Waals surface area contributed by atoms with Gasteiger partial charge < -0.3 is 5.32 Å². The van der Waals surface area contributed by atoms with Crippen LogP contribution >= 0.6 is 0 Å². The van der Waals surface area contributed by atoms with Gasteiger partial charge in [-0.25, -0.2) is 8.42 Å². The Morgan fingerprint density at radius 2 is 2.25 bits per heavy atom. The predicted octanol–water partition coefficient (Wildman–Crippen LogP) is -0.0147. The molecule has 0 aliphatic heterocycles. The van der Waals surface area contributed by atoms with Crippen LogP contribution in [-0.4, -0.2) is 42.8 Å². The SMILES string of the molecule is CCNC(Cc1ccn(C)n1)CS(C)(=O)=O. The summed E-state index contributed by atoms with van der Waals surface area (Å²) in [5.41, 5.74) is 0.914. The summed E-state index contributed by atoms with van der Waals surface area (Å²) in [7, 11) is -1.11. The zero-order valence-electron chi connectivity index (χ0n) is 9.97. The molecule has 5 nitrogen and oxygen atoms in total. The van der Waals surface area contributed by atoms with Crippen LogP contribution in [0.1, 0.15) is 12.6 Å². The Kier molecular flexibility index (Phi) is 4.49. The van der Waals surface area contributed by atoms with Crippen LogP contribution in [0.5, 0.6) is 0 Å². The van der Waals surface area contributed by atoms with Crippen LogP contribution in [0.3, 0.4) is 0 Å². The second kappa shape index (κ2) is 5.45. The number of aromatic nitrogens is 2. The van der Waals surface area contributed by atoms with Gasteiger partial charge in [-0.1, -0.05) is 6.92 Å². The Morgan fingerprint density at radius 1 is 1.56 bits per heavy atom. The first-order valence-corrected chi connectivity index (χ1v) is 7.36. The highest BCUT2D eigenvalue weighted by Crippen LogP contribution is 2.02. The summed E-state index contributed by atoms with van der Waals surface area (Å²) in [6.45, 7) is 2.72. The maximum absolute atomic E-state index is 11.2. The van der Waals surface area contributed by atoms with Crippen LogP contribution in [0.15, 0.2) is 12.3 Å². The number of hydrogen-bond donors (Lipinski definition) is 1. The van der Waals surface area contributed by atoms with Gasteiger partial charge in [0.05, 0.1) is 11.4 Å². The molecule has 0 fully saturated rings. The molecule has 1 rings (SSSR count). The number of sulfone groups is 1. The van der Waals surface area contributed by atoms with Crippen molar-refractivity contribution in [1.82, 2.24) is 15.1 Å². The van der Waals surface area contributed by atoms with Crippen LogP contribution in [0.4, 0.5) is 0 Å². The summed E-state index contributed by atoms with van der Waals surface area (Å²) in [5, 5.41) is 7.41. The summed E-state index contributed by atoms with van der Waals surface area (Å²) in [5.74, 6) is 0.150. The molecule has 0 amide bonds. The molecule has 16 heavy (non-hydrogen) atoms. The Bertz CT molecular complexity index is 425. The van der Waals surface area contributed by atoms with E-state index in [0.29, 0.717) is 6.42 Å². The molecule has 0 spiro atoms.